The van der Waals surface area contributed by atoms with Gasteiger partial charge in [0, 0.05) is 0 Å². The fraction of sp³-hybridized carbons (Fsp3) is 0.0526. The first kappa shape index (κ1) is 24.9. The first-order chi connectivity index (χ1) is 15.5. The zero-order chi connectivity index (χ0) is 24.8. The summed E-state index contributed by atoms with van der Waals surface area (Å²) in [7, 11) is 0. The van der Waals surface area contributed by atoms with E-state index in [1.807, 2.05) is 5.71 Å². The Morgan fingerprint density at radius 2 is 0.848 bits per heavy atom. The van der Waals surface area contributed by atoms with Gasteiger partial charge in [-0.05, 0) is 0 Å². The van der Waals surface area contributed by atoms with Crippen molar-refractivity contribution in [2.24, 2.45) is 0 Å². The van der Waals surface area contributed by atoms with Crippen LogP contribution >= 0.6 is 0 Å². The van der Waals surface area contributed by atoms with Gasteiger partial charge in [0.25, 0.3) is 5.09 Å². The molecule has 0 saturated heterocycles. The van der Waals surface area contributed by atoms with Gasteiger partial charge in [-0.3, -0.25) is 0 Å². The SMILES string of the molecule is C[As+](c1cccc([N+](=O)[O-])c1)(c1cccc([N+](=O)[O-])c1)c1cccc([N+](=O)[O-])c1.O=[N+]([O-])O. The molecule has 0 saturated carbocycles. The summed E-state index contributed by atoms with van der Waals surface area (Å²) in [6.45, 7) is 0. The Kier molecular flexibility index (Phi) is 7.76. The van der Waals surface area contributed by atoms with Gasteiger partial charge < -0.3 is 5.21 Å². The van der Waals surface area contributed by atoms with Crippen molar-refractivity contribution in [1.29, 1.82) is 0 Å². The Bertz CT molecular complexity index is 1090. The molecule has 0 aliphatic carbocycles. The molecule has 0 bridgehead atoms. The van der Waals surface area contributed by atoms with Crippen LogP contribution in [0.2, 0.25) is 5.71 Å². The zero-order valence-corrected chi connectivity index (χ0v) is 18.8. The molecule has 0 heterocycles. The Morgan fingerprint density at radius 3 is 1.06 bits per heavy atom. The second-order valence-electron chi connectivity index (χ2n) is 6.57. The molecule has 33 heavy (non-hydrogen) atoms. The van der Waals surface area contributed by atoms with Crippen LogP contribution in [-0.4, -0.2) is 38.6 Å². The summed E-state index contributed by atoms with van der Waals surface area (Å²) in [4.78, 5) is 40.7. The van der Waals surface area contributed by atoms with Crippen molar-refractivity contribution in [3.05, 3.63) is 113 Å². The summed E-state index contributed by atoms with van der Waals surface area (Å²) in [6, 6.07) is 18.3. The predicted octanol–water partition coefficient (Wildman–Crippen LogP) is 2.16. The predicted molar refractivity (Wildman–Crippen MR) is 119 cm³/mol. The van der Waals surface area contributed by atoms with E-state index in [2.05, 4.69) is 0 Å². The van der Waals surface area contributed by atoms with Crippen molar-refractivity contribution in [2.75, 3.05) is 0 Å². The molecule has 0 atom stereocenters. The Morgan fingerprint density at radius 1 is 0.606 bits per heavy atom. The number of nitrogens with zero attached hydrogens (tertiary/aromatic N) is 4. The van der Waals surface area contributed by atoms with E-state index < -0.39 is 33.4 Å². The van der Waals surface area contributed by atoms with Crippen molar-refractivity contribution >= 4 is 43.7 Å². The van der Waals surface area contributed by atoms with E-state index in [0.29, 0.717) is 13.1 Å². The van der Waals surface area contributed by atoms with E-state index >= 15 is 0 Å². The van der Waals surface area contributed by atoms with Crippen LogP contribution in [0.1, 0.15) is 0 Å². The van der Waals surface area contributed by atoms with E-state index in [0.717, 1.165) is 0 Å². The monoisotopic (exact) mass is 519 g/mol. The Labute approximate surface area is 187 Å². The molecule has 0 aliphatic heterocycles. The second-order valence-corrected chi connectivity index (χ2v) is 14.0. The van der Waals surface area contributed by atoms with Crippen LogP contribution in [0.25, 0.3) is 0 Å². The van der Waals surface area contributed by atoms with E-state index in [1.165, 1.54) is 36.4 Å². The molecular weight excluding hydrogens is 503 g/mol. The van der Waals surface area contributed by atoms with Crippen molar-refractivity contribution < 1.29 is 25.1 Å². The fourth-order valence-electron chi connectivity index (χ4n) is 3.10. The number of hydrogen-bond acceptors (Lipinski definition) is 8. The van der Waals surface area contributed by atoms with Gasteiger partial charge in [0.1, 0.15) is 0 Å². The molecule has 0 fully saturated rings. The number of rotatable bonds is 6. The summed E-state index contributed by atoms with van der Waals surface area (Å²) in [5.41, 5.74) is 1.58. The minimum Gasteiger partial charge on any atom is -0.328 e. The molecule has 0 unspecified atom stereocenters. The second kappa shape index (κ2) is 10.3. The number of non-ortho nitro benzene ring substituents is 3. The van der Waals surface area contributed by atoms with Crippen LogP contribution < -0.4 is 13.1 Å². The first-order valence-electron chi connectivity index (χ1n) is 8.91. The first-order valence-corrected chi connectivity index (χ1v) is 13.6. The standard InChI is InChI=1S/C19H15AsN3O6.HNO3/c1-20(14-5-2-8-17(11-14)21(24)25,15-6-3-9-18(12-15)22(26)27)16-7-4-10-19(13-16)23(28)29;2-1(3)4/h2-13H,1H3;(H,2,3,4)/q+1;. The maximum absolute atomic E-state index is 11.3. The number of benzene rings is 3. The van der Waals surface area contributed by atoms with E-state index in [4.69, 9.17) is 15.3 Å². The third-order valence-corrected chi connectivity index (χ3v) is 12.9. The van der Waals surface area contributed by atoms with Gasteiger partial charge in [-0.25, -0.2) is 0 Å². The van der Waals surface area contributed by atoms with Crippen LogP contribution in [0.4, 0.5) is 17.1 Å². The minimum atomic E-state index is -3.48. The molecule has 0 aromatic heterocycles. The van der Waals surface area contributed by atoms with Gasteiger partial charge in [-0.15, -0.1) is 10.1 Å². The summed E-state index contributed by atoms with van der Waals surface area (Å²) >= 11 is -3.48. The van der Waals surface area contributed by atoms with Crippen LogP contribution in [0.15, 0.2) is 72.8 Å². The average Bonchev–Trinajstić information content (AvgIpc) is 2.78. The Balaban J connectivity index is 0.000000890. The molecule has 3 rings (SSSR count). The molecule has 3 aromatic carbocycles. The molecule has 170 valence electrons. The van der Waals surface area contributed by atoms with Gasteiger partial charge in [-0.1, -0.05) is 0 Å². The van der Waals surface area contributed by atoms with Crippen LogP contribution in [0, 0.1) is 40.5 Å². The van der Waals surface area contributed by atoms with Crippen LogP contribution in [0.5, 0.6) is 0 Å². The molecule has 3 aromatic rings. The normalized spacial score (nSPS) is 10.5. The summed E-state index contributed by atoms with van der Waals surface area (Å²) in [5, 5.41) is 47.5. The molecule has 0 aliphatic rings. The van der Waals surface area contributed by atoms with Crippen molar-refractivity contribution in [2.45, 2.75) is 5.71 Å². The molecule has 13 nitrogen and oxygen atoms in total. The molecule has 0 spiro atoms. The maximum atomic E-state index is 11.3. The van der Waals surface area contributed by atoms with Gasteiger partial charge in [-0.2, -0.15) is 0 Å². The smallest absolute Gasteiger partial charge is 0.291 e. The van der Waals surface area contributed by atoms with E-state index in [-0.39, 0.29) is 17.1 Å². The molecule has 1 N–H and O–H groups in total. The maximum Gasteiger partial charge on any atom is 0.291 e. The van der Waals surface area contributed by atoms with Crippen molar-refractivity contribution in [3.8, 4) is 0 Å². The Hall–Kier alpha value is -4.38. The largest absolute Gasteiger partial charge is 0.328 e. The average molecular weight is 519 g/mol. The van der Waals surface area contributed by atoms with Crippen molar-refractivity contribution in [1.82, 2.24) is 0 Å². The van der Waals surface area contributed by atoms with Crippen molar-refractivity contribution in [3.63, 3.8) is 0 Å². The van der Waals surface area contributed by atoms with E-state index in [1.54, 1.807) is 36.4 Å². The molecule has 0 amide bonds. The number of nitro groups is 3. The van der Waals surface area contributed by atoms with Gasteiger partial charge in [0.2, 0.25) is 0 Å². The number of hydrogen-bond donors (Lipinski definition) is 1. The fourth-order valence-corrected chi connectivity index (χ4v) is 9.85. The van der Waals surface area contributed by atoms with Gasteiger partial charge in [0.05, 0.1) is 0 Å². The van der Waals surface area contributed by atoms with Gasteiger partial charge >= 0.3 is 167 Å². The third-order valence-electron chi connectivity index (χ3n) is 4.67. The third kappa shape index (κ3) is 5.86. The van der Waals surface area contributed by atoms with Gasteiger partial charge in [0.15, 0.2) is 0 Å². The molecule has 0 radical (unpaired) electrons. The zero-order valence-electron chi connectivity index (χ0n) is 16.9. The van der Waals surface area contributed by atoms with E-state index in [9.17, 15) is 30.3 Å². The summed E-state index contributed by atoms with van der Waals surface area (Å²) in [5.74, 6) is 0. The number of nitro benzene ring substituents is 3. The molecular formula is C19H16AsN4O9+. The van der Waals surface area contributed by atoms with Crippen LogP contribution in [-0.2, 0) is 0 Å². The topological polar surface area (TPSA) is 193 Å². The quantitative estimate of drug-likeness (QED) is 0.289. The minimum absolute atomic E-state index is 0.106. The molecule has 14 heteroatoms. The summed E-state index contributed by atoms with van der Waals surface area (Å²) in [6.07, 6.45) is 0. The van der Waals surface area contributed by atoms with Crippen LogP contribution in [0.3, 0.4) is 0 Å². The summed E-state index contributed by atoms with van der Waals surface area (Å²) < 4.78 is 1.95.